The predicted molar refractivity (Wildman–Crippen MR) is 105 cm³/mol. The quantitative estimate of drug-likeness (QED) is 0.669. The second-order valence-corrected chi connectivity index (χ2v) is 7.69. The Morgan fingerprint density at radius 1 is 1.46 bits per heavy atom. The molecule has 28 heavy (non-hydrogen) atoms. The van der Waals surface area contributed by atoms with E-state index < -0.39 is 6.04 Å². The Balaban J connectivity index is 1.58. The van der Waals surface area contributed by atoms with Gasteiger partial charge in [-0.15, -0.1) is 17.8 Å². The lowest BCUT2D eigenvalue weighted by Gasteiger charge is -2.26. The maximum atomic E-state index is 14.0. The van der Waals surface area contributed by atoms with Crippen molar-refractivity contribution in [1.82, 2.24) is 20.4 Å². The average molecular weight is 396 g/mol. The molecule has 1 atom stereocenters. The summed E-state index contributed by atoms with van der Waals surface area (Å²) in [5.74, 6) is 1.55. The van der Waals surface area contributed by atoms with Crippen molar-refractivity contribution in [3.8, 4) is 12.3 Å². The highest BCUT2D eigenvalue weighted by atomic mass is 32.1. The van der Waals surface area contributed by atoms with E-state index in [4.69, 9.17) is 6.42 Å². The number of aromatic nitrogens is 2. The Kier molecular flexibility index (Phi) is 4.61. The van der Waals surface area contributed by atoms with Gasteiger partial charge in [-0.05, 0) is 24.4 Å². The molecule has 6 nitrogen and oxygen atoms in total. The van der Waals surface area contributed by atoms with E-state index in [1.54, 1.807) is 30.0 Å². The van der Waals surface area contributed by atoms with Crippen molar-refractivity contribution in [3.63, 3.8) is 0 Å². The van der Waals surface area contributed by atoms with Gasteiger partial charge in [0.15, 0.2) is 5.69 Å². The van der Waals surface area contributed by atoms with E-state index in [9.17, 15) is 14.0 Å². The van der Waals surface area contributed by atoms with Crippen LogP contribution >= 0.6 is 11.3 Å². The van der Waals surface area contributed by atoms with Gasteiger partial charge >= 0.3 is 0 Å². The van der Waals surface area contributed by atoms with E-state index in [1.165, 1.54) is 6.07 Å². The van der Waals surface area contributed by atoms with Crippen molar-refractivity contribution in [1.29, 1.82) is 0 Å². The zero-order valence-corrected chi connectivity index (χ0v) is 15.9. The molecule has 0 aliphatic carbocycles. The highest BCUT2D eigenvalue weighted by Crippen LogP contribution is 2.30. The summed E-state index contributed by atoms with van der Waals surface area (Å²) in [6.45, 7) is 2.45. The number of amides is 2. The molecule has 2 amide bonds. The third-order valence-corrected chi connectivity index (χ3v) is 5.89. The first kappa shape index (κ1) is 18.2. The molecule has 3 aromatic rings. The zero-order chi connectivity index (χ0) is 19.8. The first-order chi connectivity index (χ1) is 13.5. The van der Waals surface area contributed by atoms with Crippen molar-refractivity contribution < 1.29 is 14.0 Å². The zero-order valence-electron chi connectivity index (χ0n) is 15.1. The molecule has 0 fully saturated rings. The second kappa shape index (κ2) is 7.09. The van der Waals surface area contributed by atoms with Gasteiger partial charge in [-0.3, -0.25) is 14.7 Å². The number of carbonyl (C=O) groups is 2. The summed E-state index contributed by atoms with van der Waals surface area (Å²) in [6, 6.07) is 6.08. The van der Waals surface area contributed by atoms with Gasteiger partial charge in [0.2, 0.25) is 0 Å². The van der Waals surface area contributed by atoms with E-state index in [0.29, 0.717) is 33.5 Å². The third kappa shape index (κ3) is 3.14. The summed E-state index contributed by atoms with van der Waals surface area (Å²) in [7, 11) is 0. The number of benzene rings is 1. The molecule has 4 rings (SSSR count). The van der Waals surface area contributed by atoms with Crippen molar-refractivity contribution in [3.05, 3.63) is 51.9 Å². The maximum Gasteiger partial charge on any atom is 0.273 e. The topological polar surface area (TPSA) is 78.1 Å². The molecule has 142 valence electrons. The number of aromatic amines is 1. The summed E-state index contributed by atoms with van der Waals surface area (Å²) in [5.41, 5.74) is 1.77. The highest BCUT2D eigenvalue weighted by molar-refractivity contribution is 7.20. The number of rotatable bonds is 3. The Morgan fingerprint density at radius 3 is 3.04 bits per heavy atom. The number of H-pyrrole nitrogens is 1. The van der Waals surface area contributed by atoms with Crippen LogP contribution in [0.1, 0.15) is 38.3 Å². The lowest BCUT2D eigenvalue weighted by molar-refractivity contribution is 0.0736. The van der Waals surface area contributed by atoms with Crippen LogP contribution in [0.25, 0.3) is 10.1 Å². The van der Waals surface area contributed by atoms with E-state index >= 15 is 0 Å². The maximum absolute atomic E-state index is 14.0. The van der Waals surface area contributed by atoms with Crippen LogP contribution in [-0.2, 0) is 13.0 Å². The number of hydrogen-bond acceptors (Lipinski definition) is 4. The number of carbonyl (C=O) groups excluding carboxylic acids is 2. The molecule has 0 bridgehead atoms. The van der Waals surface area contributed by atoms with Crippen LogP contribution < -0.4 is 5.32 Å². The Hall–Kier alpha value is -3.18. The molecule has 1 aliphatic heterocycles. The minimum absolute atomic E-state index is 0.184. The lowest BCUT2D eigenvalue weighted by Crippen LogP contribution is -2.37. The molecule has 0 spiro atoms. The minimum atomic E-state index is -0.422. The first-order valence-electron chi connectivity index (χ1n) is 8.78. The predicted octanol–water partition coefficient (Wildman–Crippen LogP) is 2.71. The smallest absolute Gasteiger partial charge is 0.273 e. The number of hydrogen-bond donors (Lipinski definition) is 2. The average Bonchev–Trinajstić information content (AvgIpc) is 3.31. The fourth-order valence-electron chi connectivity index (χ4n) is 3.25. The van der Waals surface area contributed by atoms with Crippen molar-refractivity contribution in [2.75, 3.05) is 6.54 Å². The Bertz CT molecular complexity index is 1130. The number of halogens is 1. The normalized spacial score (nSPS) is 14.4. The van der Waals surface area contributed by atoms with Crippen molar-refractivity contribution >= 4 is 33.2 Å². The summed E-state index contributed by atoms with van der Waals surface area (Å²) in [6.07, 6.45) is 5.87. The van der Waals surface area contributed by atoms with Crippen LogP contribution in [0.5, 0.6) is 0 Å². The first-order valence-corrected chi connectivity index (χ1v) is 9.60. The van der Waals surface area contributed by atoms with Crippen LogP contribution in [-0.4, -0.2) is 39.5 Å². The molecule has 0 saturated carbocycles. The molecule has 2 N–H and O–H groups in total. The molecular weight excluding hydrogens is 379 g/mol. The third-order valence-electron chi connectivity index (χ3n) is 4.74. The van der Waals surface area contributed by atoms with Crippen molar-refractivity contribution in [2.24, 2.45) is 0 Å². The fraction of sp³-hybridized carbons (Fsp3) is 0.250. The lowest BCUT2D eigenvalue weighted by atomic mass is 10.0. The Labute approximate surface area is 164 Å². The van der Waals surface area contributed by atoms with Gasteiger partial charge in [0, 0.05) is 24.2 Å². The summed E-state index contributed by atoms with van der Waals surface area (Å²) >= 11 is 1.14. The molecule has 2 aromatic heterocycles. The molecular formula is C20H17FN4O2S. The van der Waals surface area contributed by atoms with Gasteiger partial charge in [0.25, 0.3) is 11.8 Å². The summed E-state index contributed by atoms with van der Waals surface area (Å²) in [5, 5.41) is 10.4. The standard InChI is InChI=1S/C20H17FN4O2S/c1-3-11(2)22-19(26)17-13-10-25(8-7-15(13)23-24-17)20(27)16-9-12-5-4-6-14(21)18(12)28-16/h1,4-6,9,11H,7-8,10H2,2H3,(H,22,26)(H,23,24). The molecule has 0 radical (unpaired) electrons. The molecule has 0 saturated heterocycles. The SMILES string of the molecule is C#CC(C)NC(=O)c1n[nH]c2c1CN(C(=O)c1cc3cccc(F)c3s1)CC2. The van der Waals surface area contributed by atoms with Crippen LogP contribution in [0.3, 0.4) is 0 Å². The number of nitrogens with zero attached hydrogens (tertiary/aromatic N) is 2. The highest BCUT2D eigenvalue weighted by Gasteiger charge is 2.29. The van der Waals surface area contributed by atoms with E-state index in [0.717, 1.165) is 17.0 Å². The minimum Gasteiger partial charge on any atom is -0.337 e. The largest absolute Gasteiger partial charge is 0.337 e. The monoisotopic (exact) mass is 396 g/mol. The van der Waals surface area contributed by atoms with Gasteiger partial charge in [0.05, 0.1) is 22.2 Å². The van der Waals surface area contributed by atoms with Crippen LogP contribution in [0.2, 0.25) is 0 Å². The van der Waals surface area contributed by atoms with Gasteiger partial charge in [0.1, 0.15) is 5.82 Å². The number of nitrogens with one attached hydrogen (secondary N) is 2. The Morgan fingerprint density at radius 2 is 2.29 bits per heavy atom. The van der Waals surface area contributed by atoms with Gasteiger partial charge in [-0.25, -0.2) is 4.39 Å². The van der Waals surface area contributed by atoms with Crippen LogP contribution in [0.4, 0.5) is 4.39 Å². The van der Waals surface area contributed by atoms with Crippen molar-refractivity contribution in [2.45, 2.75) is 25.9 Å². The van der Waals surface area contributed by atoms with E-state index in [1.807, 2.05) is 0 Å². The summed E-state index contributed by atoms with van der Waals surface area (Å²) in [4.78, 5) is 27.5. The molecule has 1 unspecified atom stereocenters. The number of fused-ring (bicyclic) bond motifs is 2. The molecule has 1 aromatic carbocycles. The van der Waals surface area contributed by atoms with Crippen LogP contribution in [0, 0.1) is 18.2 Å². The van der Waals surface area contributed by atoms with E-state index in [-0.39, 0.29) is 29.9 Å². The van der Waals surface area contributed by atoms with Gasteiger partial charge in [-0.1, -0.05) is 18.1 Å². The number of terminal acetylenes is 1. The van der Waals surface area contributed by atoms with Crippen LogP contribution in [0.15, 0.2) is 24.3 Å². The van der Waals surface area contributed by atoms with Gasteiger partial charge < -0.3 is 10.2 Å². The molecule has 8 heteroatoms. The van der Waals surface area contributed by atoms with E-state index in [2.05, 4.69) is 21.4 Å². The fourth-order valence-corrected chi connectivity index (χ4v) is 4.28. The molecule has 1 aliphatic rings. The van der Waals surface area contributed by atoms with Gasteiger partial charge in [-0.2, -0.15) is 5.10 Å². The second-order valence-electron chi connectivity index (χ2n) is 6.64. The number of thiophene rings is 1. The molecule has 3 heterocycles. The summed E-state index contributed by atoms with van der Waals surface area (Å²) < 4.78 is 14.4.